The number of benzene rings is 1. The summed E-state index contributed by atoms with van der Waals surface area (Å²) in [5.41, 5.74) is 2.22. The van der Waals surface area contributed by atoms with Crippen LogP contribution in [0.3, 0.4) is 0 Å². The molecule has 0 saturated carbocycles. The van der Waals surface area contributed by atoms with Crippen molar-refractivity contribution >= 4 is 33.0 Å². The second kappa shape index (κ2) is 6.33. The summed E-state index contributed by atoms with van der Waals surface area (Å²) in [5, 5.41) is 4.12. The van der Waals surface area contributed by atoms with E-state index in [0.717, 1.165) is 25.6 Å². The molecule has 0 unspecified atom stereocenters. The van der Waals surface area contributed by atoms with Crippen molar-refractivity contribution in [3.8, 4) is 0 Å². The Labute approximate surface area is 140 Å². The van der Waals surface area contributed by atoms with Gasteiger partial charge in [0.15, 0.2) is 0 Å². The summed E-state index contributed by atoms with van der Waals surface area (Å²) in [7, 11) is -3.31. The molecule has 1 aliphatic rings. The standard InChI is InChI=1S/C16H18N2O3S2/c1-23(20,21)17-14-6-4-12(5-7-14)16(19)18-9-2-3-15(18)13-8-10-22-11-13/h4-8,10-11,15,17H,2-3,9H2,1H3/t15-/m1/s1. The number of hydrogen-bond donors (Lipinski definition) is 1. The number of likely N-dealkylation sites (tertiary alicyclic amines) is 1. The molecule has 3 rings (SSSR count). The number of amides is 1. The number of rotatable bonds is 4. The van der Waals surface area contributed by atoms with Gasteiger partial charge in [-0.1, -0.05) is 0 Å². The van der Waals surface area contributed by atoms with Gasteiger partial charge in [0, 0.05) is 17.8 Å². The van der Waals surface area contributed by atoms with Gasteiger partial charge >= 0.3 is 0 Å². The highest BCUT2D eigenvalue weighted by Gasteiger charge is 2.30. The Hall–Kier alpha value is -1.86. The van der Waals surface area contributed by atoms with Gasteiger partial charge in [-0.05, 0) is 59.5 Å². The topological polar surface area (TPSA) is 66.5 Å². The van der Waals surface area contributed by atoms with Crippen LogP contribution in [0.15, 0.2) is 41.1 Å². The van der Waals surface area contributed by atoms with Crippen molar-refractivity contribution in [2.75, 3.05) is 17.5 Å². The summed E-state index contributed by atoms with van der Waals surface area (Å²) in [4.78, 5) is 14.6. The minimum Gasteiger partial charge on any atom is -0.332 e. The van der Waals surface area contributed by atoms with Crippen molar-refractivity contribution in [1.82, 2.24) is 4.90 Å². The van der Waals surface area contributed by atoms with E-state index >= 15 is 0 Å². The zero-order chi connectivity index (χ0) is 16.4. The maximum absolute atomic E-state index is 12.7. The average molecular weight is 350 g/mol. The smallest absolute Gasteiger partial charge is 0.254 e. The summed E-state index contributed by atoms with van der Waals surface area (Å²) in [6.07, 6.45) is 3.08. The molecule has 0 radical (unpaired) electrons. The van der Waals surface area contributed by atoms with Crippen LogP contribution in [-0.4, -0.2) is 32.0 Å². The third kappa shape index (κ3) is 3.73. The predicted molar refractivity (Wildman–Crippen MR) is 92.2 cm³/mol. The molecular weight excluding hydrogens is 332 g/mol. The Bertz CT molecular complexity index is 783. The number of carbonyl (C=O) groups is 1. The van der Waals surface area contributed by atoms with E-state index in [1.807, 2.05) is 10.3 Å². The highest BCUT2D eigenvalue weighted by molar-refractivity contribution is 7.92. The van der Waals surface area contributed by atoms with Crippen LogP contribution in [0.25, 0.3) is 0 Å². The molecule has 2 heterocycles. The van der Waals surface area contributed by atoms with Gasteiger partial charge in [0.1, 0.15) is 0 Å². The first-order valence-corrected chi connectivity index (χ1v) is 10.2. The van der Waals surface area contributed by atoms with Crippen LogP contribution >= 0.6 is 11.3 Å². The van der Waals surface area contributed by atoms with Gasteiger partial charge in [0.05, 0.1) is 12.3 Å². The van der Waals surface area contributed by atoms with E-state index in [1.165, 1.54) is 5.56 Å². The Morgan fingerprint density at radius 3 is 2.61 bits per heavy atom. The SMILES string of the molecule is CS(=O)(=O)Nc1ccc(C(=O)N2CCC[C@@H]2c2ccsc2)cc1. The fourth-order valence-corrected chi connectivity index (χ4v) is 4.15. The maximum Gasteiger partial charge on any atom is 0.254 e. The predicted octanol–water partition coefficient (Wildman–Crippen LogP) is 3.10. The second-order valence-corrected chi connectivity index (χ2v) is 8.19. The van der Waals surface area contributed by atoms with E-state index in [9.17, 15) is 13.2 Å². The molecule has 23 heavy (non-hydrogen) atoms. The van der Waals surface area contributed by atoms with Gasteiger partial charge in [0.25, 0.3) is 5.91 Å². The molecule has 1 amide bonds. The average Bonchev–Trinajstić information content (AvgIpc) is 3.16. The summed E-state index contributed by atoms with van der Waals surface area (Å²) < 4.78 is 24.8. The number of sulfonamides is 1. The first-order chi connectivity index (χ1) is 10.9. The van der Waals surface area contributed by atoms with Gasteiger partial charge < -0.3 is 4.90 Å². The highest BCUT2D eigenvalue weighted by atomic mass is 32.2. The zero-order valence-electron chi connectivity index (χ0n) is 12.7. The lowest BCUT2D eigenvalue weighted by atomic mass is 10.1. The Kier molecular flexibility index (Phi) is 4.41. The van der Waals surface area contributed by atoms with Crippen LogP contribution in [0.5, 0.6) is 0 Å². The molecule has 1 fully saturated rings. The first kappa shape index (κ1) is 16.0. The minimum absolute atomic E-state index is 0.00962. The number of hydrogen-bond acceptors (Lipinski definition) is 4. The Morgan fingerprint density at radius 1 is 1.26 bits per heavy atom. The number of nitrogens with one attached hydrogen (secondary N) is 1. The van der Waals surface area contributed by atoms with Crippen molar-refractivity contribution < 1.29 is 13.2 Å². The van der Waals surface area contributed by atoms with Gasteiger partial charge in [-0.3, -0.25) is 9.52 Å². The zero-order valence-corrected chi connectivity index (χ0v) is 14.4. The largest absolute Gasteiger partial charge is 0.332 e. The van der Waals surface area contributed by atoms with E-state index in [2.05, 4.69) is 16.2 Å². The molecule has 7 heteroatoms. The molecule has 2 aromatic rings. The van der Waals surface area contributed by atoms with E-state index < -0.39 is 10.0 Å². The lowest BCUT2D eigenvalue weighted by Crippen LogP contribution is -2.30. The summed E-state index contributed by atoms with van der Waals surface area (Å²) in [6.45, 7) is 0.753. The van der Waals surface area contributed by atoms with Crippen LogP contribution in [0.1, 0.15) is 34.8 Å². The molecule has 5 nitrogen and oxygen atoms in total. The molecule has 0 aliphatic carbocycles. The molecule has 1 atom stereocenters. The normalized spacial score (nSPS) is 18.1. The van der Waals surface area contributed by atoms with E-state index in [4.69, 9.17) is 0 Å². The molecular formula is C16H18N2O3S2. The first-order valence-electron chi connectivity index (χ1n) is 7.35. The molecule has 0 spiro atoms. The molecule has 1 aliphatic heterocycles. The Balaban J connectivity index is 1.77. The fraction of sp³-hybridized carbons (Fsp3) is 0.312. The van der Waals surface area contributed by atoms with Crippen LogP contribution in [0.2, 0.25) is 0 Å². The fourth-order valence-electron chi connectivity index (χ4n) is 2.88. The molecule has 1 aromatic carbocycles. The number of anilines is 1. The number of nitrogens with zero attached hydrogens (tertiary/aromatic N) is 1. The molecule has 0 bridgehead atoms. The molecule has 122 valence electrons. The number of thiophene rings is 1. The van der Waals surface area contributed by atoms with Gasteiger partial charge in [-0.15, -0.1) is 0 Å². The lowest BCUT2D eigenvalue weighted by Gasteiger charge is -2.24. The van der Waals surface area contributed by atoms with Gasteiger partial charge in [-0.25, -0.2) is 8.42 Å². The number of carbonyl (C=O) groups excluding carboxylic acids is 1. The van der Waals surface area contributed by atoms with Crippen LogP contribution in [-0.2, 0) is 10.0 Å². The van der Waals surface area contributed by atoms with E-state index in [0.29, 0.717) is 11.3 Å². The second-order valence-electron chi connectivity index (χ2n) is 5.66. The van der Waals surface area contributed by atoms with Gasteiger partial charge in [0.2, 0.25) is 10.0 Å². The van der Waals surface area contributed by atoms with E-state index in [1.54, 1.807) is 35.6 Å². The summed E-state index contributed by atoms with van der Waals surface area (Å²) >= 11 is 1.64. The van der Waals surface area contributed by atoms with Crippen molar-refractivity contribution in [3.63, 3.8) is 0 Å². The molecule has 1 aromatic heterocycles. The van der Waals surface area contributed by atoms with Gasteiger partial charge in [-0.2, -0.15) is 11.3 Å². The highest BCUT2D eigenvalue weighted by Crippen LogP contribution is 2.34. The summed E-state index contributed by atoms with van der Waals surface area (Å²) in [6, 6.07) is 8.77. The van der Waals surface area contributed by atoms with Crippen LogP contribution in [0, 0.1) is 0 Å². The van der Waals surface area contributed by atoms with E-state index in [-0.39, 0.29) is 11.9 Å². The van der Waals surface area contributed by atoms with Crippen molar-refractivity contribution in [3.05, 3.63) is 52.2 Å². The van der Waals surface area contributed by atoms with Crippen molar-refractivity contribution in [2.45, 2.75) is 18.9 Å². The van der Waals surface area contributed by atoms with Crippen molar-refractivity contribution in [2.24, 2.45) is 0 Å². The Morgan fingerprint density at radius 2 is 2.00 bits per heavy atom. The lowest BCUT2D eigenvalue weighted by molar-refractivity contribution is 0.0736. The quantitative estimate of drug-likeness (QED) is 0.921. The van der Waals surface area contributed by atoms with Crippen LogP contribution in [0.4, 0.5) is 5.69 Å². The summed E-state index contributed by atoms with van der Waals surface area (Å²) in [5.74, 6) is -0.00962. The molecule has 1 N–H and O–H groups in total. The van der Waals surface area contributed by atoms with Crippen molar-refractivity contribution in [1.29, 1.82) is 0 Å². The monoisotopic (exact) mass is 350 g/mol. The third-order valence-corrected chi connectivity index (χ3v) is 5.18. The molecule has 1 saturated heterocycles. The van der Waals surface area contributed by atoms with Crippen LogP contribution < -0.4 is 4.72 Å². The minimum atomic E-state index is -3.31. The maximum atomic E-state index is 12.7. The third-order valence-electron chi connectivity index (χ3n) is 3.88.